The van der Waals surface area contributed by atoms with Crippen LogP contribution in [0.4, 0.5) is 17.6 Å². The average molecular weight is 336 g/mol. The fourth-order valence-electron chi connectivity index (χ4n) is 2.00. The SMILES string of the molecule is Cc1ccc(F)cc1[C@H](N)c1ccc(OC(F)(F)F)cc1.Cl. The van der Waals surface area contributed by atoms with E-state index in [-0.39, 0.29) is 18.2 Å². The van der Waals surface area contributed by atoms with Gasteiger partial charge in [-0.3, -0.25) is 0 Å². The maximum absolute atomic E-state index is 13.3. The second-order valence-electron chi connectivity index (χ2n) is 4.60. The van der Waals surface area contributed by atoms with Crippen molar-refractivity contribution >= 4 is 12.4 Å². The van der Waals surface area contributed by atoms with E-state index in [0.29, 0.717) is 11.1 Å². The molecule has 22 heavy (non-hydrogen) atoms. The zero-order chi connectivity index (χ0) is 15.6. The van der Waals surface area contributed by atoms with E-state index in [0.717, 1.165) is 5.56 Å². The number of nitrogens with two attached hydrogens (primary N) is 1. The number of halogens is 5. The van der Waals surface area contributed by atoms with Crippen LogP contribution in [0.1, 0.15) is 22.7 Å². The van der Waals surface area contributed by atoms with Crippen LogP contribution >= 0.6 is 12.4 Å². The predicted octanol–water partition coefficient (Wildman–Crippen LogP) is 4.50. The van der Waals surface area contributed by atoms with E-state index in [1.54, 1.807) is 13.0 Å². The molecule has 0 saturated heterocycles. The second kappa shape index (κ2) is 6.98. The number of hydrogen-bond donors (Lipinski definition) is 1. The normalized spacial score (nSPS) is 12.5. The largest absolute Gasteiger partial charge is 0.573 e. The van der Waals surface area contributed by atoms with Crippen LogP contribution in [0, 0.1) is 12.7 Å². The van der Waals surface area contributed by atoms with Crippen LogP contribution in [-0.2, 0) is 0 Å². The summed E-state index contributed by atoms with van der Waals surface area (Å²) in [4.78, 5) is 0. The van der Waals surface area contributed by atoms with Crippen LogP contribution in [0.3, 0.4) is 0 Å². The number of benzene rings is 2. The van der Waals surface area contributed by atoms with Gasteiger partial charge in [0.15, 0.2) is 0 Å². The fourth-order valence-corrected chi connectivity index (χ4v) is 2.00. The van der Waals surface area contributed by atoms with Crippen molar-refractivity contribution in [2.45, 2.75) is 19.3 Å². The second-order valence-corrected chi connectivity index (χ2v) is 4.60. The lowest BCUT2D eigenvalue weighted by Crippen LogP contribution is -2.17. The lowest BCUT2D eigenvalue weighted by atomic mass is 9.95. The smallest absolute Gasteiger partial charge is 0.406 e. The molecule has 2 rings (SSSR count). The summed E-state index contributed by atoms with van der Waals surface area (Å²) in [6.45, 7) is 1.79. The van der Waals surface area contributed by atoms with Gasteiger partial charge in [-0.25, -0.2) is 4.39 Å². The lowest BCUT2D eigenvalue weighted by Gasteiger charge is -2.16. The number of ether oxygens (including phenoxy) is 1. The molecule has 2 aromatic rings. The number of hydrogen-bond acceptors (Lipinski definition) is 2. The molecule has 0 aromatic heterocycles. The maximum Gasteiger partial charge on any atom is 0.573 e. The molecule has 0 unspecified atom stereocenters. The van der Waals surface area contributed by atoms with Crippen molar-refractivity contribution in [1.29, 1.82) is 0 Å². The van der Waals surface area contributed by atoms with Crippen LogP contribution in [0.15, 0.2) is 42.5 Å². The standard InChI is InChI=1S/C15H13F4NO.ClH/c1-9-2-5-11(16)8-13(9)14(20)10-3-6-12(7-4-10)21-15(17,18)19;/h2-8,14H,20H2,1H3;1H/t14-;/m1./s1. The van der Waals surface area contributed by atoms with E-state index in [2.05, 4.69) is 4.74 Å². The van der Waals surface area contributed by atoms with Crippen molar-refractivity contribution in [2.24, 2.45) is 5.73 Å². The minimum atomic E-state index is -4.73. The molecule has 2 nitrogen and oxygen atoms in total. The molecular weight excluding hydrogens is 322 g/mol. The third kappa shape index (κ3) is 4.61. The number of rotatable bonds is 3. The van der Waals surface area contributed by atoms with Gasteiger partial charge < -0.3 is 10.5 Å². The summed E-state index contributed by atoms with van der Waals surface area (Å²) in [6, 6.07) is 8.83. The molecule has 2 aromatic carbocycles. The first-order valence-electron chi connectivity index (χ1n) is 6.13. The Kier molecular flexibility index (Phi) is 5.79. The van der Waals surface area contributed by atoms with E-state index in [4.69, 9.17) is 5.73 Å². The molecule has 2 N–H and O–H groups in total. The van der Waals surface area contributed by atoms with Gasteiger partial charge in [0.25, 0.3) is 0 Å². The first-order chi connectivity index (χ1) is 9.76. The predicted molar refractivity (Wildman–Crippen MR) is 77.5 cm³/mol. The third-order valence-electron chi connectivity index (χ3n) is 3.05. The summed E-state index contributed by atoms with van der Waals surface area (Å²) in [5.41, 5.74) is 7.99. The van der Waals surface area contributed by atoms with Crippen LogP contribution < -0.4 is 10.5 Å². The lowest BCUT2D eigenvalue weighted by molar-refractivity contribution is -0.274. The van der Waals surface area contributed by atoms with Crippen LogP contribution in [-0.4, -0.2) is 6.36 Å². The maximum atomic E-state index is 13.3. The van der Waals surface area contributed by atoms with E-state index in [1.807, 2.05) is 0 Å². The highest BCUT2D eigenvalue weighted by Crippen LogP contribution is 2.27. The van der Waals surface area contributed by atoms with Crippen molar-refractivity contribution in [3.05, 3.63) is 65.0 Å². The van der Waals surface area contributed by atoms with Gasteiger partial charge in [0.2, 0.25) is 0 Å². The first-order valence-corrected chi connectivity index (χ1v) is 6.13. The van der Waals surface area contributed by atoms with Crippen LogP contribution in [0.2, 0.25) is 0 Å². The molecule has 0 spiro atoms. The molecule has 0 heterocycles. The minimum Gasteiger partial charge on any atom is -0.406 e. The van der Waals surface area contributed by atoms with Gasteiger partial charge in [-0.15, -0.1) is 25.6 Å². The molecule has 7 heteroatoms. The average Bonchev–Trinajstić information content (AvgIpc) is 2.40. The van der Waals surface area contributed by atoms with Gasteiger partial charge in [0, 0.05) is 0 Å². The summed E-state index contributed by atoms with van der Waals surface area (Å²) in [7, 11) is 0. The molecule has 120 valence electrons. The van der Waals surface area contributed by atoms with Gasteiger partial charge in [-0.05, 0) is 47.9 Å². The summed E-state index contributed by atoms with van der Waals surface area (Å²) in [5.74, 6) is -0.738. The Morgan fingerprint density at radius 1 is 1.05 bits per heavy atom. The van der Waals surface area contributed by atoms with E-state index < -0.39 is 18.2 Å². The van der Waals surface area contributed by atoms with Crippen molar-refractivity contribution < 1.29 is 22.3 Å². The molecule has 0 amide bonds. The Bertz CT molecular complexity index is 628. The van der Waals surface area contributed by atoms with Gasteiger partial charge in [-0.2, -0.15) is 0 Å². The summed E-state index contributed by atoms with van der Waals surface area (Å²) >= 11 is 0. The molecule has 1 atom stereocenters. The molecule has 0 aliphatic rings. The quantitative estimate of drug-likeness (QED) is 0.838. The number of alkyl halides is 3. The van der Waals surface area contributed by atoms with E-state index in [9.17, 15) is 17.6 Å². The highest BCUT2D eigenvalue weighted by Gasteiger charge is 2.31. The van der Waals surface area contributed by atoms with Crippen molar-refractivity contribution in [1.82, 2.24) is 0 Å². The van der Waals surface area contributed by atoms with E-state index >= 15 is 0 Å². The van der Waals surface area contributed by atoms with Crippen molar-refractivity contribution in [3.63, 3.8) is 0 Å². The van der Waals surface area contributed by atoms with Crippen LogP contribution in [0.5, 0.6) is 5.75 Å². The Balaban J connectivity index is 0.00000242. The van der Waals surface area contributed by atoms with Gasteiger partial charge in [0.1, 0.15) is 11.6 Å². The Morgan fingerprint density at radius 3 is 2.18 bits per heavy atom. The molecule has 0 saturated carbocycles. The summed E-state index contributed by atoms with van der Waals surface area (Å²) < 4.78 is 53.3. The molecule has 0 bridgehead atoms. The minimum absolute atomic E-state index is 0. The molecule has 0 fully saturated rings. The molecular formula is C15H14ClF4NO. The van der Waals surface area contributed by atoms with Gasteiger partial charge >= 0.3 is 6.36 Å². The van der Waals surface area contributed by atoms with Crippen molar-refractivity contribution in [3.8, 4) is 5.75 Å². The van der Waals surface area contributed by atoms with Gasteiger partial charge in [0.05, 0.1) is 6.04 Å². The Labute approximate surface area is 131 Å². The Hall–Kier alpha value is -1.79. The zero-order valence-corrected chi connectivity index (χ0v) is 12.3. The first kappa shape index (κ1) is 18.3. The fraction of sp³-hybridized carbons (Fsp3) is 0.200. The summed E-state index contributed by atoms with van der Waals surface area (Å²) in [6.07, 6.45) is -4.73. The highest BCUT2D eigenvalue weighted by atomic mass is 35.5. The summed E-state index contributed by atoms with van der Waals surface area (Å²) in [5, 5.41) is 0. The molecule has 0 aliphatic carbocycles. The monoisotopic (exact) mass is 335 g/mol. The molecule has 0 aliphatic heterocycles. The van der Waals surface area contributed by atoms with Crippen LogP contribution in [0.25, 0.3) is 0 Å². The number of aryl methyl sites for hydroxylation is 1. The topological polar surface area (TPSA) is 35.2 Å². The van der Waals surface area contributed by atoms with Gasteiger partial charge in [-0.1, -0.05) is 18.2 Å². The van der Waals surface area contributed by atoms with E-state index in [1.165, 1.54) is 36.4 Å². The zero-order valence-electron chi connectivity index (χ0n) is 11.5. The molecule has 0 radical (unpaired) electrons. The highest BCUT2D eigenvalue weighted by molar-refractivity contribution is 5.85. The third-order valence-corrected chi connectivity index (χ3v) is 3.05. The van der Waals surface area contributed by atoms with Crippen molar-refractivity contribution in [2.75, 3.05) is 0 Å². The Morgan fingerprint density at radius 2 is 1.64 bits per heavy atom.